The van der Waals surface area contributed by atoms with Gasteiger partial charge in [0.1, 0.15) is 5.82 Å². The molecule has 0 N–H and O–H groups in total. The lowest BCUT2D eigenvalue weighted by Gasteiger charge is -2.31. The molecule has 19 heavy (non-hydrogen) atoms. The Morgan fingerprint density at radius 2 is 1.89 bits per heavy atom. The van der Waals surface area contributed by atoms with Gasteiger partial charge in [-0.3, -0.25) is 4.79 Å². The summed E-state index contributed by atoms with van der Waals surface area (Å²) in [5.74, 6) is 0.00409. The highest BCUT2D eigenvalue weighted by atomic mass is 19.1. The Hall–Kier alpha value is -1.22. The number of ketones is 1. The van der Waals surface area contributed by atoms with E-state index in [1.54, 1.807) is 12.1 Å². The zero-order chi connectivity index (χ0) is 13.7. The Kier molecular flexibility index (Phi) is 5.08. The van der Waals surface area contributed by atoms with Crippen LogP contribution in [0.15, 0.2) is 24.3 Å². The van der Waals surface area contributed by atoms with Gasteiger partial charge in [0, 0.05) is 11.5 Å². The van der Waals surface area contributed by atoms with E-state index in [9.17, 15) is 9.18 Å². The molecule has 0 unspecified atom stereocenters. The zero-order valence-electron chi connectivity index (χ0n) is 11.6. The molecule has 2 rings (SSSR count). The predicted molar refractivity (Wildman–Crippen MR) is 74.8 cm³/mol. The van der Waals surface area contributed by atoms with Crippen molar-refractivity contribution in [3.8, 4) is 0 Å². The van der Waals surface area contributed by atoms with Crippen molar-refractivity contribution in [2.24, 2.45) is 5.92 Å². The number of piperidine rings is 1. The summed E-state index contributed by atoms with van der Waals surface area (Å²) in [6.45, 7) is 5.37. The second-order valence-corrected chi connectivity index (χ2v) is 5.34. The molecule has 1 fully saturated rings. The Morgan fingerprint density at radius 3 is 2.47 bits per heavy atom. The summed E-state index contributed by atoms with van der Waals surface area (Å²) in [6.07, 6.45) is 4.31. The zero-order valence-corrected chi connectivity index (χ0v) is 11.6. The molecule has 0 atom stereocenters. The van der Waals surface area contributed by atoms with Gasteiger partial charge in [-0.25, -0.2) is 4.39 Å². The molecule has 2 nitrogen and oxygen atoms in total. The summed E-state index contributed by atoms with van der Waals surface area (Å²) >= 11 is 0. The fourth-order valence-corrected chi connectivity index (χ4v) is 2.65. The van der Waals surface area contributed by atoms with Gasteiger partial charge in [-0.15, -0.1) is 0 Å². The Labute approximate surface area is 114 Å². The van der Waals surface area contributed by atoms with Crippen molar-refractivity contribution < 1.29 is 9.18 Å². The molecule has 1 aliphatic rings. The Balaban J connectivity index is 1.87. The summed E-state index contributed by atoms with van der Waals surface area (Å²) in [5, 5.41) is 0. The molecular formula is C16H22FNO. The van der Waals surface area contributed by atoms with E-state index in [4.69, 9.17) is 0 Å². The van der Waals surface area contributed by atoms with E-state index in [1.165, 1.54) is 25.0 Å². The van der Waals surface area contributed by atoms with Gasteiger partial charge in [0.15, 0.2) is 5.78 Å². The van der Waals surface area contributed by atoms with Gasteiger partial charge in [0.05, 0.1) is 0 Å². The maximum atomic E-state index is 12.8. The standard InChI is InChI=1S/C16H22FNO/c1-2-3-10-18-11-8-14(9-12-18)16(19)13-4-6-15(17)7-5-13/h4-7,14H,2-3,8-12H2,1H3. The SMILES string of the molecule is CCCCN1CCC(C(=O)c2ccc(F)cc2)CC1. The molecular weight excluding hydrogens is 241 g/mol. The highest BCUT2D eigenvalue weighted by Crippen LogP contribution is 2.22. The fraction of sp³-hybridized carbons (Fsp3) is 0.562. The first kappa shape index (κ1) is 14.2. The van der Waals surface area contributed by atoms with Gasteiger partial charge >= 0.3 is 0 Å². The van der Waals surface area contributed by atoms with E-state index in [2.05, 4.69) is 11.8 Å². The lowest BCUT2D eigenvalue weighted by atomic mass is 9.89. The molecule has 1 aromatic rings. The lowest BCUT2D eigenvalue weighted by Crippen LogP contribution is -2.36. The Morgan fingerprint density at radius 1 is 1.26 bits per heavy atom. The first-order valence-corrected chi connectivity index (χ1v) is 7.23. The van der Waals surface area contributed by atoms with Crippen molar-refractivity contribution in [1.29, 1.82) is 0 Å². The smallest absolute Gasteiger partial charge is 0.166 e. The van der Waals surface area contributed by atoms with E-state index in [-0.39, 0.29) is 17.5 Å². The van der Waals surface area contributed by atoms with Gasteiger partial charge in [0.2, 0.25) is 0 Å². The minimum Gasteiger partial charge on any atom is -0.303 e. The fourth-order valence-electron chi connectivity index (χ4n) is 2.65. The van der Waals surface area contributed by atoms with E-state index >= 15 is 0 Å². The van der Waals surface area contributed by atoms with E-state index in [0.717, 1.165) is 32.5 Å². The molecule has 1 heterocycles. The van der Waals surface area contributed by atoms with E-state index < -0.39 is 0 Å². The summed E-state index contributed by atoms with van der Waals surface area (Å²) in [6, 6.07) is 5.93. The number of likely N-dealkylation sites (tertiary alicyclic amines) is 1. The van der Waals surface area contributed by atoms with E-state index in [0.29, 0.717) is 5.56 Å². The van der Waals surface area contributed by atoms with Crippen LogP contribution in [0.3, 0.4) is 0 Å². The molecule has 0 bridgehead atoms. The summed E-state index contributed by atoms with van der Waals surface area (Å²) in [7, 11) is 0. The third kappa shape index (κ3) is 3.87. The molecule has 3 heteroatoms. The van der Waals surface area contributed by atoms with Crippen LogP contribution in [-0.4, -0.2) is 30.3 Å². The third-order valence-corrected chi connectivity index (χ3v) is 3.92. The van der Waals surface area contributed by atoms with Crippen molar-refractivity contribution >= 4 is 5.78 Å². The summed E-state index contributed by atoms with van der Waals surface area (Å²) in [5.41, 5.74) is 0.647. The Bertz CT molecular complexity index is 407. The van der Waals surface area contributed by atoms with Gasteiger partial charge < -0.3 is 4.90 Å². The van der Waals surface area contributed by atoms with E-state index in [1.807, 2.05) is 0 Å². The molecule has 1 saturated heterocycles. The minimum atomic E-state index is -0.286. The van der Waals surface area contributed by atoms with Crippen LogP contribution in [-0.2, 0) is 0 Å². The first-order valence-electron chi connectivity index (χ1n) is 7.23. The number of halogens is 1. The molecule has 0 aromatic heterocycles. The summed E-state index contributed by atoms with van der Waals surface area (Å²) < 4.78 is 12.8. The number of benzene rings is 1. The van der Waals surface area contributed by atoms with Crippen LogP contribution in [0.25, 0.3) is 0 Å². The number of unbranched alkanes of at least 4 members (excludes halogenated alkanes) is 1. The molecule has 0 aliphatic carbocycles. The lowest BCUT2D eigenvalue weighted by molar-refractivity contribution is 0.0839. The van der Waals surface area contributed by atoms with Crippen LogP contribution in [0.2, 0.25) is 0 Å². The van der Waals surface area contributed by atoms with Crippen LogP contribution in [0.5, 0.6) is 0 Å². The number of carbonyl (C=O) groups is 1. The largest absolute Gasteiger partial charge is 0.303 e. The number of Topliss-reactive ketones (excluding diaryl/α,β-unsaturated/α-hetero) is 1. The molecule has 0 spiro atoms. The van der Waals surface area contributed by atoms with Crippen molar-refractivity contribution in [3.05, 3.63) is 35.6 Å². The van der Waals surface area contributed by atoms with Gasteiger partial charge in [-0.2, -0.15) is 0 Å². The average molecular weight is 263 g/mol. The second kappa shape index (κ2) is 6.80. The molecule has 0 radical (unpaired) electrons. The monoisotopic (exact) mass is 263 g/mol. The molecule has 1 aliphatic heterocycles. The predicted octanol–water partition coefficient (Wildman–Crippen LogP) is 3.52. The summed E-state index contributed by atoms with van der Waals surface area (Å²) in [4.78, 5) is 14.7. The number of hydrogen-bond acceptors (Lipinski definition) is 2. The number of rotatable bonds is 5. The third-order valence-electron chi connectivity index (χ3n) is 3.92. The first-order chi connectivity index (χ1) is 9.20. The van der Waals surface area contributed by atoms with Crippen molar-refractivity contribution in [3.63, 3.8) is 0 Å². The molecule has 0 saturated carbocycles. The highest BCUT2D eigenvalue weighted by Gasteiger charge is 2.25. The number of hydrogen-bond donors (Lipinski definition) is 0. The quantitative estimate of drug-likeness (QED) is 0.758. The van der Waals surface area contributed by atoms with Gasteiger partial charge in [-0.05, 0) is 63.2 Å². The van der Waals surface area contributed by atoms with Crippen molar-refractivity contribution in [2.75, 3.05) is 19.6 Å². The number of carbonyl (C=O) groups excluding carboxylic acids is 1. The topological polar surface area (TPSA) is 20.3 Å². The van der Waals surface area contributed by atoms with Crippen LogP contribution in [0, 0.1) is 11.7 Å². The van der Waals surface area contributed by atoms with Gasteiger partial charge in [0.25, 0.3) is 0 Å². The number of nitrogens with zero attached hydrogens (tertiary/aromatic N) is 1. The van der Waals surface area contributed by atoms with Crippen LogP contribution in [0.4, 0.5) is 4.39 Å². The molecule has 0 amide bonds. The van der Waals surface area contributed by atoms with Crippen LogP contribution >= 0.6 is 0 Å². The minimum absolute atomic E-state index is 0.114. The normalized spacial score (nSPS) is 17.6. The second-order valence-electron chi connectivity index (χ2n) is 5.34. The van der Waals surface area contributed by atoms with Crippen LogP contribution in [0.1, 0.15) is 43.0 Å². The van der Waals surface area contributed by atoms with Crippen molar-refractivity contribution in [2.45, 2.75) is 32.6 Å². The average Bonchev–Trinajstić information content (AvgIpc) is 2.46. The maximum absolute atomic E-state index is 12.8. The molecule has 1 aromatic carbocycles. The highest BCUT2D eigenvalue weighted by molar-refractivity contribution is 5.97. The maximum Gasteiger partial charge on any atom is 0.166 e. The molecule has 104 valence electrons. The van der Waals surface area contributed by atoms with Crippen molar-refractivity contribution in [1.82, 2.24) is 4.90 Å². The van der Waals surface area contributed by atoms with Crippen LogP contribution < -0.4 is 0 Å². The van der Waals surface area contributed by atoms with Gasteiger partial charge in [-0.1, -0.05) is 13.3 Å².